The van der Waals surface area contributed by atoms with Gasteiger partial charge in [0.25, 0.3) is 5.79 Å². The highest BCUT2D eigenvalue weighted by Crippen LogP contribution is 2.43. The van der Waals surface area contributed by atoms with Crippen LogP contribution in [0.5, 0.6) is 23.0 Å². The zero-order valence-corrected chi connectivity index (χ0v) is 21.7. The van der Waals surface area contributed by atoms with E-state index in [0.717, 1.165) is 0 Å². The summed E-state index contributed by atoms with van der Waals surface area (Å²) in [5.41, 5.74) is 0.944. The minimum absolute atomic E-state index is 0.0358. The van der Waals surface area contributed by atoms with Gasteiger partial charge in [0.15, 0.2) is 18.0 Å². The molecule has 0 spiro atoms. The summed E-state index contributed by atoms with van der Waals surface area (Å²) in [5.74, 6) is -1.22. The number of carbonyl (C=O) groups is 1. The summed E-state index contributed by atoms with van der Waals surface area (Å²) < 4.78 is 33.9. The number of fused-ring (bicyclic) bond motifs is 1. The molecule has 218 valence electrons. The fourth-order valence-electron chi connectivity index (χ4n) is 5.21. The lowest BCUT2D eigenvalue weighted by Gasteiger charge is -2.51. The van der Waals surface area contributed by atoms with Crippen LogP contribution in [-0.2, 0) is 9.47 Å². The molecule has 0 saturated carbocycles. The van der Waals surface area contributed by atoms with Gasteiger partial charge in [0.05, 0.1) is 33.9 Å². The molecule has 3 aliphatic heterocycles. The number of aliphatic hydroxyl groups is 6. The first kappa shape index (κ1) is 28.5. The maximum absolute atomic E-state index is 13.0. The van der Waals surface area contributed by atoms with Gasteiger partial charge in [-0.2, -0.15) is 0 Å². The monoisotopic (exact) mass is 564 g/mol. The molecule has 3 heterocycles. The number of ketones is 1. The topological polar surface area (TPSA) is 194 Å². The normalized spacial score (nSPS) is 35.9. The van der Waals surface area contributed by atoms with Gasteiger partial charge in [0, 0.05) is 12.1 Å². The summed E-state index contributed by atoms with van der Waals surface area (Å²) in [4.78, 5) is 13.0. The SMILES string of the molecule is COc1cc(OC)c2c(c1)OC(c1ccc(OC3(C4OCC(O)C(O)C4O)OCC(O)C(O)C3O)cc1)CC2=O. The Morgan fingerprint density at radius 3 is 2.23 bits per heavy atom. The van der Waals surface area contributed by atoms with Crippen LogP contribution in [0.3, 0.4) is 0 Å². The Labute approximate surface area is 229 Å². The lowest BCUT2D eigenvalue weighted by Crippen LogP contribution is -2.74. The predicted octanol–water partition coefficient (Wildman–Crippen LogP) is -0.920. The number of hydrogen-bond donors (Lipinski definition) is 6. The molecule has 0 aromatic heterocycles. The van der Waals surface area contributed by atoms with Crippen molar-refractivity contribution < 1.29 is 63.9 Å². The van der Waals surface area contributed by atoms with E-state index in [1.165, 1.54) is 26.4 Å². The van der Waals surface area contributed by atoms with E-state index >= 15 is 0 Å². The third-order valence-corrected chi connectivity index (χ3v) is 7.45. The van der Waals surface area contributed by atoms with Crippen LogP contribution < -0.4 is 18.9 Å². The Morgan fingerprint density at radius 1 is 0.850 bits per heavy atom. The van der Waals surface area contributed by atoms with E-state index in [9.17, 15) is 35.4 Å². The van der Waals surface area contributed by atoms with Gasteiger partial charge >= 0.3 is 0 Å². The third kappa shape index (κ3) is 4.88. The number of ether oxygens (including phenoxy) is 6. The molecule has 9 atom stereocenters. The number of Topliss-reactive ketones (excluding diaryl/α,β-unsaturated/α-hetero) is 1. The highest BCUT2D eigenvalue weighted by molar-refractivity contribution is 6.02. The molecule has 9 unspecified atom stereocenters. The Morgan fingerprint density at radius 2 is 1.55 bits per heavy atom. The molecule has 13 heteroatoms. The number of aliphatic hydroxyl groups excluding tert-OH is 6. The zero-order valence-electron chi connectivity index (χ0n) is 21.7. The van der Waals surface area contributed by atoms with Crippen molar-refractivity contribution in [1.82, 2.24) is 0 Å². The van der Waals surface area contributed by atoms with Crippen molar-refractivity contribution in [1.29, 1.82) is 0 Å². The molecular weight excluding hydrogens is 532 g/mol. The van der Waals surface area contributed by atoms with Crippen molar-refractivity contribution in [2.24, 2.45) is 0 Å². The van der Waals surface area contributed by atoms with Crippen molar-refractivity contribution in [3.8, 4) is 23.0 Å². The van der Waals surface area contributed by atoms with Crippen molar-refractivity contribution in [3.63, 3.8) is 0 Å². The van der Waals surface area contributed by atoms with Gasteiger partial charge in [-0.15, -0.1) is 0 Å². The van der Waals surface area contributed by atoms with Crippen LogP contribution in [0, 0.1) is 0 Å². The molecule has 0 amide bonds. The smallest absolute Gasteiger partial charge is 0.268 e. The zero-order chi connectivity index (χ0) is 28.8. The number of rotatable bonds is 6. The molecule has 13 nitrogen and oxygen atoms in total. The van der Waals surface area contributed by atoms with Crippen LogP contribution in [0.4, 0.5) is 0 Å². The molecule has 6 N–H and O–H groups in total. The summed E-state index contributed by atoms with van der Waals surface area (Å²) in [6.07, 6.45) is -12.1. The minimum Gasteiger partial charge on any atom is -0.496 e. The van der Waals surface area contributed by atoms with Gasteiger partial charge in [-0.3, -0.25) is 4.79 Å². The maximum atomic E-state index is 13.0. The van der Waals surface area contributed by atoms with Gasteiger partial charge in [-0.25, -0.2) is 0 Å². The quantitative estimate of drug-likeness (QED) is 0.252. The van der Waals surface area contributed by atoms with Crippen LogP contribution in [0.2, 0.25) is 0 Å². The molecular formula is C27H32O13. The van der Waals surface area contributed by atoms with Crippen molar-refractivity contribution in [2.75, 3.05) is 27.4 Å². The van der Waals surface area contributed by atoms with Crippen molar-refractivity contribution in [2.45, 2.75) is 61.0 Å². The summed E-state index contributed by atoms with van der Waals surface area (Å²) in [6, 6.07) is 9.46. The molecule has 3 aliphatic rings. The van der Waals surface area contributed by atoms with Gasteiger partial charge in [0.1, 0.15) is 65.2 Å². The van der Waals surface area contributed by atoms with E-state index in [0.29, 0.717) is 28.4 Å². The van der Waals surface area contributed by atoms with Crippen molar-refractivity contribution >= 4 is 5.78 Å². The van der Waals surface area contributed by atoms with Gasteiger partial charge in [0.2, 0.25) is 0 Å². The highest BCUT2D eigenvalue weighted by atomic mass is 16.7. The predicted molar refractivity (Wildman–Crippen MR) is 133 cm³/mol. The standard InChI is InChI=1S/C27H32O13/c1-35-14-7-19(36-2)21-15(28)9-18(39-20(21)8-14)12-3-5-13(6-4-12)40-27(25(34)23(32)17(30)11-38-27)26-24(33)22(31)16(29)10-37-26/h3-8,16-18,22-26,29-34H,9-11H2,1-2H3. The molecule has 40 heavy (non-hydrogen) atoms. The van der Waals surface area contributed by atoms with E-state index in [4.69, 9.17) is 28.4 Å². The summed E-state index contributed by atoms with van der Waals surface area (Å²) >= 11 is 0. The van der Waals surface area contributed by atoms with Crippen LogP contribution in [-0.4, -0.2) is 112 Å². The average molecular weight is 565 g/mol. The highest BCUT2D eigenvalue weighted by Gasteiger charge is 2.62. The Balaban J connectivity index is 1.41. The third-order valence-electron chi connectivity index (χ3n) is 7.45. The first-order valence-corrected chi connectivity index (χ1v) is 12.7. The largest absolute Gasteiger partial charge is 0.496 e. The van der Waals surface area contributed by atoms with E-state index in [1.807, 2.05) is 0 Å². The summed E-state index contributed by atoms with van der Waals surface area (Å²) in [5, 5.41) is 62.1. The lowest BCUT2D eigenvalue weighted by atomic mass is 9.86. The van der Waals surface area contributed by atoms with Crippen LogP contribution in [0.15, 0.2) is 36.4 Å². The Bertz CT molecular complexity index is 1220. The fraction of sp³-hybridized carbons (Fsp3) is 0.519. The molecule has 0 radical (unpaired) electrons. The number of benzene rings is 2. The maximum Gasteiger partial charge on any atom is 0.268 e. The second-order valence-corrected chi connectivity index (χ2v) is 9.95. The lowest BCUT2D eigenvalue weighted by molar-refractivity contribution is -0.369. The van der Waals surface area contributed by atoms with Gasteiger partial charge in [-0.1, -0.05) is 12.1 Å². The number of carbonyl (C=O) groups excluding carboxylic acids is 1. The summed E-state index contributed by atoms with van der Waals surface area (Å²) in [7, 11) is 2.94. The number of hydrogen-bond acceptors (Lipinski definition) is 13. The molecule has 0 bridgehead atoms. The van der Waals surface area contributed by atoms with Crippen LogP contribution in [0.1, 0.15) is 28.4 Å². The summed E-state index contributed by atoms with van der Waals surface area (Å²) in [6.45, 7) is -0.891. The Hall–Kier alpha value is -3.01. The molecule has 2 aromatic rings. The molecule has 5 rings (SSSR count). The van der Waals surface area contributed by atoms with E-state index in [-0.39, 0.29) is 18.0 Å². The first-order chi connectivity index (χ1) is 19.1. The van der Waals surface area contributed by atoms with E-state index < -0.39 is 67.8 Å². The molecule has 2 aromatic carbocycles. The number of methoxy groups -OCH3 is 2. The first-order valence-electron chi connectivity index (χ1n) is 12.7. The van der Waals surface area contributed by atoms with Crippen molar-refractivity contribution in [3.05, 3.63) is 47.5 Å². The van der Waals surface area contributed by atoms with Gasteiger partial charge in [-0.05, 0) is 17.7 Å². The van der Waals surface area contributed by atoms with E-state index in [1.54, 1.807) is 24.3 Å². The van der Waals surface area contributed by atoms with Crippen LogP contribution >= 0.6 is 0 Å². The second kappa shape index (κ2) is 11.1. The Kier molecular flexibility index (Phi) is 7.92. The van der Waals surface area contributed by atoms with E-state index in [2.05, 4.69) is 0 Å². The molecule has 0 aliphatic carbocycles. The minimum atomic E-state index is -2.26. The van der Waals surface area contributed by atoms with Gasteiger partial charge < -0.3 is 59.1 Å². The molecule has 2 fully saturated rings. The second-order valence-electron chi connectivity index (χ2n) is 9.95. The van der Waals surface area contributed by atoms with Crippen LogP contribution in [0.25, 0.3) is 0 Å². The average Bonchev–Trinajstić information content (AvgIpc) is 2.96. The fourth-order valence-corrected chi connectivity index (χ4v) is 5.21. The molecule has 2 saturated heterocycles.